The highest BCUT2D eigenvalue weighted by Gasteiger charge is 2.15. The molecule has 0 saturated carbocycles. The largest absolute Gasteiger partial charge is 0.494 e. The number of aromatic carboxylic acids is 1. The third-order valence-electron chi connectivity index (χ3n) is 3.65. The minimum atomic E-state index is -1.13. The van der Waals surface area contributed by atoms with Gasteiger partial charge in [-0.15, -0.1) is 0 Å². The van der Waals surface area contributed by atoms with Gasteiger partial charge in [0, 0.05) is 12.3 Å². The molecule has 7 nitrogen and oxygen atoms in total. The van der Waals surface area contributed by atoms with E-state index >= 15 is 0 Å². The van der Waals surface area contributed by atoms with Gasteiger partial charge >= 0.3 is 5.97 Å². The van der Waals surface area contributed by atoms with Gasteiger partial charge in [0.15, 0.2) is 4.77 Å². The molecule has 2 aromatic rings. The fourth-order valence-electron chi connectivity index (χ4n) is 2.16. The minimum Gasteiger partial charge on any atom is -0.494 e. The fraction of sp³-hybridized carbons (Fsp3) is 0.250. The molecule has 1 atom stereocenters. The van der Waals surface area contributed by atoms with Crippen LogP contribution in [-0.2, 0) is 0 Å². The summed E-state index contributed by atoms with van der Waals surface area (Å²) in [6, 6.07) is 6.01. The lowest BCUT2D eigenvalue weighted by Crippen LogP contribution is -2.20. The number of H-pyrrole nitrogens is 1. The predicted molar refractivity (Wildman–Crippen MR) is 93.2 cm³/mol. The van der Waals surface area contributed by atoms with E-state index < -0.39 is 11.5 Å². The van der Waals surface area contributed by atoms with Crippen LogP contribution in [-0.4, -0.2) is 31.9 Å². The molecule has 1 aromatic carbocycles. The molecule has 2 rings (SSSR count). The summed E-state index contributed by atoms with van der Waals surface area (Å²) in [5.41, 5.74) is -0.488. The van der Waals surface area contributed by atoms with E-state index in [2.05, 4.69) is 9.98 Å². The maximum absolute atomic E-state index is 12.1. The zero-order valence-corrected chi connectivity index (χ0v) is 14.0. The second-order valence-electron chi connectivity index (χ2n) is 5.20. The molecule has 0 bridgehead atoms. The molecule has 0 amide bonds. The molecule has 0 saturated heterocycles. The van der Waals surface area contributed by atoms with Gasteiger partial charge in [0.1, 0.15) is 5.56 Å². The highest BCUT2D eigenvalue weighted by molar-refractivity contribution is 7.71. The van der Waals surface area contributed by atoms with Crippen molar-refractivity contribution in [3.63, 3.8) is 0 Å². The Hall–Kier alpha value is -2.74. The maximum Gasteiger partial charge on any atom is 0.337 e. The van der Waals surface area contributed by atoms with Crippen LogP contribution in [0.1, 0.15) is 42.2 Å². The lowest BCUT2D eigenvalue weighted by atomic mass is 10.2. The van der Waals surface area contributed by atoms with E-state index in [4.69, 9.17) is 17.3 Å². The number of rotatable bonds is 5. The molecular weight excluding hydrogens is 330 g/mol. The van der Waals surface area contributed by atoms with Gasteiger partial charge < -0.3 is 10.2 Å². The fourth-order valence-corrected chi connectivity index (χ4v) is 2.52. The normalized spacial score (nSPS) is 12.4. The predicted octanol–water partition coefficient (Wildman–Crippen LogP) is 3.03. The Morgan fingerprint density at radius 1 is 1.46 bits per heavy atom. The molecule has 3 N–H and O–H groups in total. The van der Waals surface area contributed by atoms with E-state index in [1.54, 1.807) is 12.1 Å². The van der Waals surface area contributed by atoms with Crippen molar-refractivity contribution < 1.29 is 15.0 Å². The average Bonchev–Trinajstić information content (AvgIpc) is 2.54. The first-order valence-corrected chi connectivity index (χ1v) is 7.71. The molecule has 0 aliphatic carbocycles. The Morgan fingerprint density at radius 3 is 2.75 bits per heavy atom. The van der Waals surface area contributed by atoms with Crippen molar-refractivity contribution in [1.82, 2.24) is 9.55 Å². The summed E-state index contributed by atoms with van der Waals surface area (Å²) in [6.45, 7) is 3.78. The molecule has 1 heterocycles. The summed E-state index contributed by atoms with van der Waals surface area (Å²) in [6.07, 6.45) is 1.84. The highest BCUT2D eigenvalue weighted by atomic mass is 32.1. The number of nitrogens with zero attached hydrogens (tertiary/aromatic N) is 2. The molecular formula is C16H17N3O4S. The van der Waals surface area contributed by atoms with Crippen molar-refractivity contribution in [2.75, 3.05) is 0 Å². The Bertz CT molecular complexity index is 914. The lowest BCUT2D eigenvalue weighted by molar-refractivity contribution is 0.0698. The van der Waals surface area contributed by atoms with Gasteiger partial charge in [-0.1, -0.05) is 19.1 Å². The topological polar surface area (TPSA) is 108 Å². The number of carbonyl (C=O) groups is 1. The quantitative estimate of drug-likeness (QED) is 0.569. The summed E-state index contributed by atoms with van der Waals surface area (Å²) < 4.78 is 1.55. The van der Waals surface area contributed by atoms with Crippen LogP contribution in [0.2, 0.25) is 0 Å². The van der Waals surface area contributed by atoms with Crippen LogP contribution in [0.25, 0.3) is 0 Å². The number of carboxylic acids is 1. The minimum absolute atomic E-state index is 0.000592. The van der Waals surface area contributed by atoms with Crippen molar-refractivity contribution in [1.29, 1.82) is 0 Å². The smallest absolute Gasteiger partial charge is 0.337 e. The first-order chi connectivity index (χ1) is 11.4. The molecule has 1 aromatic heterocycles. The van der Waals surface area contributed by atoms with Crippen LogP contribution >= 0.6 is 12.2 Å². The van der Waals surface area contributed by atoms with Crippen molar-refractivity contribution >= 4 is 30.1 Å². The SMILES string of the molecule is CCC(C)n1c(O)c(C=Nc2ccccc2C(=O)O)c(=O)[nH]c1=S. The van der Waals surface area contributed by atoms with Gasteiger partial charge in [0.2, 0.25) is 5.88 Å². The van der Waals surface area contributed by atoms with Gasteiger partial charge in [-0.05, 0) is 37.7 Å². The number of hydrogen-bond donors (Lipinski definition) is 3. The Labute approximate surface area is 142 Å². The summed E-state index contributed by atoms with van der Waals surface area (Å²) in [4.78, 5) is 29.8. The summed E-state index contributed by atoms with van der Waals surface area (Å²) in [5, 5.41) is 19.5. The zero-order chi connectivity index (χ0) is 17.9. The summed E-state index contributed by atoms with van der Waals surface area (Å²) in [7, 11) is 0. The van der Waals surface area contributed by atoms with Crippen LogP contribution in [0.4, 0.5) is 5.69 Å². The monoisotopic (exact) mass is 347 g/mol. The second-order valence-corrected chi connectivity index (χ2v) is 5.59. The molecule has 0 aliphatic heterocycles. The van der Waals surface area contributed by atoms with Gasteiger partial charge in [-0.25, -0.2) is 4.79 Å². The Kier molecular flexibility index (Phi) is 5.30. The van der Waals surface area contributed by atoms with E-state index in [9.17, 15) is 14.7 Å². The first-order valence-electron chi connectivity index (χ1n) is 7.31. The highest BCUT2D eigenvalue weighted by Crippen LogP contribution is 2.22. The Morgan fingerprint density at radius 2 is 2.12 bits per heavy atom. The van der Waals surface area contributed by atoms with Crippen LogP contribution in [0, 0.1) is 4.77 Å². The number of para-hydroxylation sites is 1. The number of aromatic hydroxyl groups is 1. The zero-order valence-electron chi connectivity index (χ0n) is 13.2. The van der Waals surface area contributed by atoms with Crippen molar-refractivity contribution in [3.05, 3.63) is 50.5 Å². The number of aromatic nitrogens is 2. The molecule has 24 heavy (non-hydrogen) atoms. The van der Waals surface area contributed by atoms with E-state index in [1.807, 2.05) is 13.8 Å². The van der Waals surface area contributed by atoms with Crippen molar-refractivity contribution in [3.8, 4) is 5.88 Å². The van der Waals surface area contributed by atoms with E-state index in [1.165, 1.54) is 16.7 Å². The number of aromatic amines is 1. The third-order valence-corrected chi connectivity index (χ3v) is 3.95. The number of carboxylic acid groups (broad SMARTS) is 1. The first kappa shape index (κ1) is 17.6. The summed E-state index contributed by atoms with van der Waals surface area (Å²) >= 11 is 5.09. The van der Waals surface area contributed by atoms with Gasteiger partial charge in [-0.2, -0.15) is 0 Å². The molecule has 126 valence electrons. The Balaban J connectivity index is 2.57. The molecule has 8 heteroatoms. The van der Waals surface area contributed by atoms with Crippen molar-refractivity contribution in [2.45, 2.75) is 26.3 Å². The number of aliphatic imine (C=N–C) groups is 1. The average molecular weight is 347 g/mol. The van der Waals surface area contributed by atoms with E-state index in [0.717, 1.165) is 6.21 Å². The molecule has 0 radical (unpaired) electrons. The summed E-state index contributed by atoms with van der Waals surface area (Å²) in [5.74, 6) is -1.42. The number of benzene rings is 1. The van der Waals surface area contributed by atoms with Crippen molar-refractivity contribution in [2.24, 2.45) is 4.99 Å². The molecule has 0 fully saturated rings. The van der Waals surface area contributed by atoms with Crippen LogP contribution < -0.4 is 5.56 Å². The van der Waals surface area contributed by atoms with Gasteiger partial charge in [-0.3, -0.25) is 19.3 Å². The molecule has 0 spiro atoms. The number of nitrogens with one attached hydrogen (secondary N) is 1. The maximum atomic E-state index is 12.1. The lowest BCUT2D eigenvalue weighted by Gasteiger charge is -2.16. The third kappa shape index (κ3) is 3.43. The van der Waals surface area contributed by atoms with E-state index in [0.29, 0.717) is 6.42 Å². The molecule has 0 aliphatic rings. The van der Waals surface area contributed by atoms with Crippen LogP contribution in [0.3, 0.4) is 0 Å². The van der Waals surface area contributed by atoms with Crippen LogP contribution in [0.15, 0.2) is 34.1 Å². The van der Waals surface area contributed by atoms with E-state index in [-0.39, 0.29) is 33.5 Å². The molecule has 1 unspecified atom stereocenters. The van der Waals surface area contributed by atoms with Gasteiger partial charge in [0.25, 0.3) is 5.56 Å². The second kappa shape index (κ2) is 7.22. The standard InChI is InChI=1S/C16H17N3O4S/c1-3-9(2)19-14(21)11(13(20)18-16(19)24)8-17-12-7-5-4-6-10(12)15(22)23/h4-9,21H,3H2,1-2H3,(H,22,23)(H,18,20,24). The number of hydrogen-bond acceptors (Lipinski definition) is 5. The van der Waals surface area contributed by atoms with Crippen LogP contribution in [0.5, 0.6) is 5.88 Å². The van der Waals surface area contributed by atoms with Gasteiger partial charge in [0.05, 0.1) is 11.3 Å².